The molecule has 4 heteroatoms. The molecule has 112 valence electrons. The van der Waals surface area contributed by atoms with E-state index in [1.165, 1.54) is 39.1 Å². The van der Waals surface area contributed by atoms with Crippen molar-refractivity contribution in [1.82, 2.24) is 9.80 Å². The number of likely N-dealkylation sites (N-methyl/N-ethyl adjacent to an activating group) is 1. The van der Waals surface area contributed by atoms with Crippen LogP contribution in [0.25, 0.3) is 0 Å². The van der Waals surface area contributed by atoms with Crippen molar-refractivity contribution < 1.29 is 0 Å². The van der Waals surface area contributed by atoms with Gasteiger partial charge in [-0.2, -0.15) is 0 Å². The molecule has 1 heterocycles. The molecule has 3 N–H and O–H groups in total. The maximum Gasteiger partial charge on any atom is 0.0963 e. The van der Waals surface area contributed by atoms with Gasteiger partial charge in [0.25, 0.3) is 0 Å². The number of nitrogens with one attached hydrogen (secondary N) is 1. The van der Waals surface area contributed by atoms with Crippen LogP contribution in [-0.2, 0) is 0 Å². The van der Waals surface area contributed by atoms with E-state index in [0.717, 1.165) is 12.8 Å². The molecule has 1 fully saturated rings. The normalized spacial score (nSPS) is 22.6. The summed E-state index contributed by atoms with van der Waals surface area (Å²) < 4.78 is 0. The summed E-state index contributed by atoms with van der Waals surface area (Å²) in [6.07, 6.45) is 3.40. The van der Waals surface area contributed by atoms with E-state index in [-0.39, 0.29) is 5.41 Å². The van der Waals surface area contributed by atoms with Crippen molar-refractivity contribution in [2.24, 2.45) is 11.1 Å². The molecule has 0 bridgehead atoms. The first-order chi connectivity index (χ1) is 8.86. The van der Waals surface area contributed by atoms with Crippen LogP contribution in [0.2, 0.25) is 0 Å². The highest BCUT2D eigenvalue weighted by Crippen LogP contribution is 2.22. The average Bonchev–Trinajstić information content (AvgIpc) is 2.34. The molecule has 0 radical (unpaired) electrons. The molecule has 1 aliphatic heterocycles. The summed E-state index contributed by atoms with van der Waals surface area (Å²) in [5.74, 6) is 0.317. The fourth-order valence-electron chi connectivity index (χ4n) is 2.78. The number of unbranched alkanes of at least 4 members (excludes halogenated alkanes) is 1. The maximum absolute atomic E-state index is 7.56. The van der Waals surface area contributed by atoms with Crippen LogP contribution >= 0.6 is 0 Å². The number of hydrogen-bond acceptors (Lipinski definition) is 3. The van der Waals surface area contributed by atoms with Crippen molar-refractivity contribution in [2.45, 2.75) is 53.0 Å². The standard InChI is InChI=1S/C15H32N4/c1-5-19-11-10-18(12-13(19)2)9-7-6-8-15(3,4)14(16)17/h13H,5-12H2,1-4H3,(H3,16,17). The predicted molar refractivity (Wildman–Crippen MR) is 82.7 cm³/mol. The third-order valence-electron chi connectivity index (χ3n) is 4.51. The van der Waals surface area contributed by atoms with Crippen LogP contribution < -0.4 is 5.73 Å². The summed E-state index contributed by atoms with van der Waals surface area (Å²) in [6, 6.07) is 0.687. The Balaban J connectivity index is 2.19. The summed E-state index contributed by atoms with van der Waals surface area (Å²) >= 11 is 0. The maximum atomic E-state index is 7.56. The van der Waals surface area contributed by atoms with Gasteiger partial charge in [0, 0.05) is 31.1 Å². The van der Waals surface area contributed by atoms with Gasteiger partial charge in [0.15, 0.2) is 0 Å². The van der Waals surface area contributed by atoms with Crippen molar-refractivity contribution in [3.63, 3.8) is 0 Å². The second-order valence-electron chi connectivity index (χ2n) is 6.53. The highest BCUT2D eigenvalue weighted by atomic mass is 15.3. The van der Waals surface area contributed by atoms with E-state index in [0.29, 0.717) is 11.9 Å². The highest BCUT2D eigenvalue weighted by Gasteiger charge is 2.23. The molecular formula is C15H32N4. The van der Waals surface area contributed by atoms with Crippen LogP contribution in [0.3, 0.4) is 0 Å². The molecular weight excluding hydrogens is 236 g/mol. The smallest absolute Gasteiger partial charge is 0.0963 e. The molecule has 1 saturated heterocycles. The van der Waals surface area contributed by atoms with Crippen molar-refractivity contribution in [3.05, 3.63) is 0 Å². The lowest BCUT2D eigenvalue weighted by Crippen LogP contribution is -2.51. The average molecular weight is 268 g/mol. The number of nitrogens with two attached hydrogens (primary N) is 1. The fourth-order valence-corrected chi connectivity index (χ4v) is 2.78. The topological polar surface area (TPSA) is 56.4 Å². The molecule has 0 aromatic rings. The number of rotatable bonds is 7. The Hall–Kier alpha value is -0.610. The minimum Gasteiger partial charge on any atom is -0.387 e. The first-order valence-corrected chi connectivity index (χ1v) is 7.67. The first-order valence-electron chi connectivity index (χ1n) is 7.67. The molecule has 0 aromatic carbocycles. The molecule has 1 rings (SSSR count). The number of nitrogens with zero attached hydrogens (tertiary/aromatic N) is 2. The van der Waals surface area contributed by atoms with Crippen molar-refractivity contribution >= 4 is 5.84 Å². The summed E-state index contributed by atoms with van der Waals surface area (Å²) in [5, 5.41) is 7.56. The minimum absolute atomic E-state index is 0.131. The van der Waals surface area contributed by atoms with Crippen molar-refractivity contribution in [1.29, 1.82) is 5.41 Å². The van der Waals surface area contributed by atoms with Gasteiger partial charge in [-0.1, -0.05) is 27.2 Å². The monoisotopic (exact) mass is 268 g/mol. The molecule has 0 amide bonds. The van der Waals surface area contributed by atoms with Gasteiger partial charge in [0.2, 0.25) is 0 Å². The Bertz CT molecular complexity index is 288. The second-order valence-corrected chi connectivity index (χ2v) is 6.53. The summed E-state index contributed by atoms with van der Waals surface area (Å²) in [7, 11) is 0. The molecule has 4 nitrogen and oxygen atoms in total. The summed E-state index contributed by atoms with van der Waals surface area (Å²) in [5.41, 5.74) is 5.48. The van der Waals surface area contributed by atoms with Gasteiger partial charge >= 0.3 is 0 Å². The van der Waals surface area contributed by atoms with E-state index in [2.05, 4.69) is 37.5 Å². The predicted octanol–water partition coefficient (Wildman–Crippen LogP) is 2.14. The Morgan fingerprint density at radius 3 is 2.53 bits per heavy atom. The van der Waals surface area contributed by atoms with Gasteiger partial charge in [-0.3, -0.25) is 10.3 Å². The highest BCUT2D eigenvalue weighted by molar-refractivity contribution is 5.82. The minimum atomic E-state index is -0.131. The molecule has 0 aliphatic carbocycles. The Kier molecular flexibility index (Phi) is 6.27. The van der Waals surface area contributed by atoms with Crippen LogP contribution in [0, 0.1) is 10.8 Å². The second kappa shape index (κ2) is 7.25. The van der Waals surface area contributed by atoms with Gasteiger partial charge in [0.05, 0.1) is 5.84 Å². The lowest BCUT2D eigenvalue weighted by Gasteiger charge is -2.39. The molecule has 0 aromatic heterocycles. The SMILES string of the molecule is CCN1CCN(CCCCC(C)(C)C(=N)N)CC1C. The lowest BCUT2D eigenvalue weighted by atomic mass is 9.86. The number of piperazine rings is 1. The lowest BCUT2D eigenvalue weighted by molar-refractivity contribution is 0.0866. The summed E-state index contributed by atoms with van der Waals surface area (Å²) in [6.45, 7) is 14.7. The van der Waals surface area contributed by atoms with Crippen LogP contribution in [0.15, 0.2) is 0 Å². The molecule has 1 unspecified atom stereocenters. The zero-order valence-corrected chi connectivity index (χ0v) is 13.2. The molecule has 1 atom stereocenters. The quantitative estimate of drug-likeness (QED) is 0.422. The van der Waals surface area contributed by atoms with Crippen LogP contribution in [0.5, 0.6) is 0 Å². The molecule has 0 spiro atoms. The van der Waals surface area contributed by atoms with E-state index in [4.69, 9.17) is 11.1 Å². The Labute approximate surface area is 118 Å². The molecule has 1 aliphatic rings. The van der Waals surface area contributed by atoms with Crippen LogP contribution in [-0.4, -0.2) is 54.4 Å². The zero-order chi connectivity index (χ0) is 14.5. The number of hydrogen-bond donors (Lipinski definition) is 2. The van der Waals surface area contributed by atoms with Crippen molar-refractivity contribution in [3.8, 4) is 0 Å². The van der Waals surface area contributed by atoms with Crippen molar-refractivity contribution in [2.75, 3.05) is 32.7 Å². The van der Waals surface area contributed by atoms with Gasteiger partial charge in [-0.25, -0.2) is 0 Å². The van der Waals surface area contributed by atoms with Gasteiger partial charge in [-0.05, 0) is 32.9 Å². The zero-order valence-electron chi connectivity index (χ0n) is 13.2. The van der Waals surface area contributed by atoms with E-state index in [9.17, 15) is 0 Å². The third-order valence-corrected chi connectivity index (χ3v) is 4.51. The largest absolute Gasteiger partial charge is 0.387 e. The molecule has 19 heavy (non-hydrogen) atoms. The van der Waals surface area contributed by atoms with E-state index in [1.54, 1.807) is 0 Å². The third kappa shape index (κ3) is 5.11. The van der Waals surface area contributed by atoms with Gasteiger partial charge in [0.1, 0.15) is 0 Å². The Morgan fingerprint density at radius 2 is 2.00 bits per heavy atom. The molecule has 0 saturated carbocycles. The van der Waals surface area contributed by atoms with E-state index in [1.807, 2.05) is 0 Å². The van der Waals surface area contributed by atoms with E-state index < -0.39 is 0 Å². The van der Waals surface area contributed by atoms with Crippen LogP contribution in [0.1, 0.15) is 47.0 Å². The van der Waals surface area contributed by atoms with Crippen LogP contribution in [0.4, 0.5) is 0 Å². The summed E-state index contributed by atoms with van der Waals surface area (Å²) in [4.78, 5) is 5.13. The van der Waals surface area contributed by atoms with E-state index >= 15 is 0 Å². The van der Waals surface area contributed by atoms with Gasteiger partial charge in [-0.15, -0.1) is 0 Å². The van der Waals surface area contributed by atoms with Gasteiger partial charge < -0.3 is 10.6 Å². The number of amidine groups is 1. The Morgan fingerprint density at radius 1 is 1.32 bits per heavy atom. The first kappa shape index (κ1) is 16.4. The fraction of sp³-hybridized carbons (Fsp3) is 0.933.